The summed E-state index contributed by atoms with van der Waals surface area (Å²) in [5.74, 6) is -0.296. The van der Waals surface area contributed by atoms with Crippen molar-refractivity contribution >= 4 is 38.8 Å². The number of thiophene rings is 1. The van der Waals surface area contributed by atoms with Gasteiger partial charge in [-0.25, -0.2) is 4.79 Å². The van der Waals surface area contributed by atoms with Gasteiger partial charge in [0.05, 0.1) is 12.3 Å². The van der Waals surface area contributed by atoms with Crippen LogP contribution < -0.4 is 5.32 Å². The first kappa shape index (κ1) is 13.6. The molecule has 5 heteroatoms. The highest BCUT2D eigenvalue weighted by Crippen LogP contribution is 2.37. The molecule has 3 aromatic rings. The third kappa shape index (κ3) is 2.73. The van der Waals surface area contributed by atoms with Crippen LogP contribution in [0.1, 0.15) is 16.6 Å². The van der Waals surface area contributed by atoms with Crippen LogP contribution in [-0.2, 0) is 4.74 Å². The lowest BCUT2D eigenvalue weighted by Gasteiger charge is -2.07. The summed E-state index contributed by atoms with van der Waals surface area (Å²) in [6, 6.07) is 11.6. The summed E-state index contributed by atoms with van der Waals surface area (Å²) in [7, 11) is 0. The largest absolute Gasteiger partial charge is 0.462 e. The molecule has 2 aromatic heterocycles. The second kappa shape index (κ2) is 5.93. The van der Waals surface area contributed by atoms with Crippen molar-refractivity contribution < 1.29 is 9.53 Å². The molecular formula is C16H14N2O2S. The molecule has 0 atom stereocenters. The molecule has 0 spiro atoms. The van der Waals surface area contributed by atoms with E-state index in [1.54, 1.807) is 19.3 Å². The second-order valence-corrected chi connectivity index (χ2v) is 5.44. The lowest BCUT2D eigenvalue weighted by atomic mass is 10.2. The fourth-order valence-electron chi connectivity index (χ4n) is 2.09. The van der Waals surface area contributed by atoms with E-state index in [1.165, 1.54) is 11.3 Å². The number of hydrogen-bond acceptors (Lipinski definition) is 5. The van der Waals surface area contributed by atoms with Gasteiger partial charge in [0.2, 0.25) is 0 Å². The van der Waals surface area contributed by atoms with E-state index in [4.69, 9.17) is 4.74 Å². The zero-order valence-corrected chi connectivity index (χ0v) is 12.3. The molecule has 3 rings (SSSR count). The quantitative estimate of drug-likeness (QED) is 0.733. The molecule has 0 amide bonds. The van der Waals surface area contributed by atoms with E-state index in [0.29, 0.717) is 11.5 Å². The molecule has 0 bridgehead atoms. The van der Waals surface area contributed by atoms with E-state index in [1.807, 2.05) is 36.4 Å². The third-order valence-corrected chi connectivity index (χ3v) is 4.16. The number of carbonyl (C=O) groups is 1. The molecule has 2 heterocycles. The number of rotatable bonds is 4. The first-order valence-corrected chi connectivity index (χ1v) is 7.47. The fourth-order valence-corrected chi connectivity index (χ4v) is 3.14. The Morgan fingerprint density at radius 1 is 1.24 bits per heavy atom. The Labute approximate surface area is 126 Å². The van der Waals surface area contributed by atoms with Crippen LogP contribution in [0.2, 0.25) is 0 Å². The molecule has 1 N–H and O–H groups in total. The van der Waals surface area contributed by atoms with E-state index in [0.717, 1.165) is 21.5 Å². The van der Waals surface area contributed by atoms with Crippen LogP contribution in [0.4, 0.5) is 11.4 Å². The first-order chi connectivity index (χ1) is 10.3. The molecule has 0 radical (unpaired) electrons. The van der Waals surface area contributed by atoms with E-state index in [-0.39, 0.29) is 5.97 Å². The van der Waals surface area contributed by atoms with Crippen LogP contribution >= 0.6 is 11.3 Å². The van der Waals surface area contributed by atoms with Gasteiger partial charge in [0.15, 0.2) is 0 Å². The third-order valence-electron chi connectivity index (χ3n) is 3.01. The highest BCUT2D eigenvalue weighted by Gasteiger charge is 2.19. The average molecular weight is 298 g/mol. The van der Waals surface area contributed by atoms with Gasteiger partial charge in [-0.2, -0.15) is 0 Å². The predicted octanol–water partition coefficient (Wildman–Crippen LogP) is 4.22. The number of aromatic nitrogens is 1. The Kier molecular flexibility index (Phi) is 3.83. The van der Waals surface area contributed by atoms with Crippen molar-refractivity contribution in [3.63, 3.8) is 0 Å². The van der Waals surface area contributed by atoms with Crippen molar-refractivity contribution in [1.82, 2.24) is 4.98 Å². The number of fused-ring (bicyclic) bond motifs is 1. The first-order valence-electron chi connectivity index (χ1n) is 6.65. The van der Waals surface area contributed by atoms with Gasteiger partial charge in [-0.05, 0) is 25.1 Å². The molecule has 0 unspecified atom stereocenters. The molecule has 1 aromatic carbocycles. The number of pyridine rings is 1. The van der Waals surface area contributed by atoms with Gasteiger partial charge in [0, 0.05) is 28.2 Å². The molecular weight excluding hydrogens is 284 g/mol. The lowest BCUT2D eigenvalue weighted by Crippen LogP contribution is -2.05. The van der Waals surface area contributed by atoms with Gasteiger partial charge in [-0.3, -0.25) is 4.98 Å². The van der Waals surface area contributed by atoms with Crippen molar-refractivity contribution in [2.45, 2.75) is 6.92 Å². The minimum absolute atomic E-state index is 0.296. The van der Waals surface area contributed by atoms with E-state index < -0.39 is 0 Å². The van der Waals surface area contributed by atoms with Gasteiger partial charge in [-0.1, -0.05) is 18.2 Å². The average Bonchev–Trinajstić information content (AvgIpc) is 2.88. The summed E-state index contributed by atoms with van der Waals surface area (Å²) in [6.07, 6.45) is 3.42. The maximum atomic E-state index is 12.2. The summed E-state index contributed by atoms with van der Waals surface area (Å²) in [4.78, 5) is 16.7. The number of nitrogens with one attached hydrogen (secondary N) is 1. The molecule has 4 nitrogen and oxygen atoms in total. The van der Waals surface area contributed by atoms with E-state index in [9.17, 15) is 4.79 Å². The highest BCUT2D eigenvalue weighted by molar-refractivity contribution is 7.21. The molecule has 106 valence electrons. The zero-order chi connectivity index (χ0) is 14.7. The summed E-state index contributed by atoms with van der Waals surface area (Å²) >= 11 is 1.44. The monoisotopic (exact) mass is 298 g/mol. The number of anilines is 2. The smallest absolute Gasteiger partial charge is 0.350 e. The summed E-state index contributed by atoms with van der Waals surface area (Å²) < 4.78 is 6.21. The maximum absolute atomic E-state index is 12.2. The highest BCUT2D eigenvalue weighted by atomic mass is 32.1. The molecule has 0 saturated heterocycles. The lowest BCUT2D eigenvalue weighted by molar-refractivity contribution is 0.0533. The Balaban J connectivity index is 2.09. The van der Waals surface area contributed by atoms with Crippen LogP contribution in [0.3, 0.4) is 0 Å². The van der Waals surface area contributed by atoms with Crippen LogP contribution in [0.5, 0.6) is 0 Å². The van der Waals surface area contributed by atoms with Crippen molar-refractivity contribution in [3.05, 3.63) is 53.7 Å². The Bertz CT molecular complexity index is 768. The minimum atomic E-state index is -0.296. The van der Waals surface area contributed by atoms with Crippen molar-refractivity contribution in [2.75, 3.05) is 11.9 Å². The van der Waals surface area contributed by atoms with E-state index >= 15 is 0 Å². The number of nitrogens with zero attached hydrogens (tertiary/aromatic N) is 1. The standard InChI is InChI=1S/C16H14N2O2S/c1-2-20-16(19)15-14(18-11-7-9-17-10-8-11)12-5-3-4-6-13(12)21-15/h3-10H,2H2,1H3,(H,17,18). The number of ether oxygens (including phenoxy) is 1. The minimum Gasteiger partial charge on any atom is -0.462 e. The summed E-state index contributed by atoms with van der Waals surface area (Å²) in [6.45, 7) is 2.17. The normalized spacial score (nSPS) is 10.5. The molecule has 0 fully saturated rings. The Morgan fingerprint density at radius 3 is 2.76 bits per heavy atom. The number of carbonyl (C=O) groups excluding carboxylic acids is 1. The van der Waals surface area contributed by atoms with Crippen molar-refractivity contribution in [3.8, 4) is 0 Å². The number of esters is 1. The van der Waals surface area contributed by atoms with Crippen LogP contribution in [-0.4, -0.2) is 17.6 Å². The summed E-state index contributed by atoms with van der Waals surface area (Å²) in [5, 5.41) is 4.32. The van der Waals surface area contributed by atoms with Crippen LogP contribution in [0, 0.1) is 0 Å². The topological polar surface area (TPSA) is 51.2 Å². The van der Waals surface area contributed by atoms with Gasteiger partial charge < -0.3 is 10.1 Å². The number of hydrogen-bond donors (Lipinski definition) is 1. The predicted molar refractivity (Wildman–Crippen MR) is 85.3 cm³/mol. The van der Waals surface area contributed by atoms with Gasteiger partial charge in [-0.15, -0.1) is 11.3 Å². The molecule has 0 saturated carbocycles. The maximum Gasteiger partial charge on any atom is 0.350 e. The molecule has 21 heavy (non-hydrogen) atoms. The van der Waals surface area contributed by atoms with Gasteiger partial charge in [0.25, 0.3) is 0 Å². The van der Waals surface area contributed by atoms with Crippen molar-refractivity contribution in [2.24, 2.45) is 0 Å². The van der Waals surface area contributed by atoms with Gasteiger partial charge >= 0.3 is 5.97 Å². The van der Waals surface area contributed by atoms with E-state index in [2.05, 4.69) is 10.3 Å². The Hall–Kier alpha value is -2.40. The summed E-state index contributed by atoms with van der Waals surface area (Å²) in [5.41, 5.74) is 1.68. The second-order valence-electron chi connectivity index (χ2n) is 4.38. The van der Waals surface area contributed by atoms with Crippen LogP contribution in [0.15, 0.2) is 48.8 Å². The van der Waals surface area contributed by atoms with Crippen LogP contribution in [0.25, 0.3) is 10.1 Å². The van der Waals surface area contributed by atoms with Crippen molar-refractivity contribution in [1.29, 1.82) is 0 Å². The SMILES string of the molecule is CCOC(=O)c1sc2ccccc2c1Nc1ccncc1. The fraction of sp³-hybridized carbons (Fsp3) is 0.125. The number of benzene rings is 1. The molecule has 0 aliphatic carbocycles. The van der Waals surface area contributed by atoms with Gasteiger partial charge in [0.1, 0.15) is 4.88 Å². The zero-order valence-electron chi connectivity index (χ0n) is 11.5. The molecule has 0 aliphatic rings. The Morgan fingerprint density at radius 2 is 2.00 bits per heavy atom. The molecule has 0 aliphatic heterocycles.